The fourth-order valence-electron chi connectivity index (χ4n) is 9.20. The maximum atomic E-state index is 12.1. The van der Waals surface area contributed by atoms with Crippen molar-refractivity contribution < 1.29 is 9.53 Å². The number of rotatable bonds is 8. The Labute approximate surface area is 204 Å². The molecule has 0 aliphatic heterocycles. The van der Waals surface area contributed by atoms with Crippen LogP contribution in [0.5, 0.6) is 0 Å². The Hall–Kier alpha value is -0.790. The number of carbonyl (C=O) groups is 1. The molecular weight excluding hydrogens is 404 g/mol. The molecule has 4 aliphatic carbocycles. The molecule has 33 heavy (non-hydrogen) atoms. The SMILES string of the molecule is CCCC(=O)OC1CCC2(C)C(=CCC3C2CCC2(C)C3CC[C@@H]2C(C)CCCC(C)C)C1. The summed E-state index contributed by atoms with van der Waals surface area (Å²) in [5, 5.41) is 0. The van der Waals surface area contributed by atoms with Crippen LogP contribution < -0.4 is 0 Å². The van der Waals surface area contributed by atoms with Crippen LogP contribution in [0.4, 0.5) is 0 Å². The first-order chi connectivity index (χ1) is 15.7. The standard InChI is InChI=1S/C31H52O2/c1-7-9-29(32)33-24-16-18-30(5)23(20-24)12-13-25-27-15-14-26(22(4)11-8-10-21(2)3)31(27,6)19-17-28(25)30/h12,21-22,24-28H,7-11,13-20H2,1-6H3/t22?,24?,25?,26-,27?,28?,30?,31?/m1/s1. The molecule has 0 aromatic carbocycles. The van der Waals surface area contributed by atoms with Gasteiger partial charge in [0.05, 0.1) is 0 Å². The van der Waals surface area contributed by atoms with Gasteiger partial charge in [0.25, 0.3) is 0 Å². The van der Waals surface area contributed by atoms with Gasteiger partial charge in [-0.15, -0.1) is 0 Å². The molecule has 2 nitrogen and oxygen atoms in total. The zero-order chi connectivity index (χ0) is 23.8. The van der Waals surface area contributed by atoms with Crippen molar-refractivity contribution >= 4 is 5.97 Å². The Balaban J connectivity index is 1.43. The molecule has 7 unspecified atom stereocenters. The smallest absolute Gasteiger partial charge is 0.306 e. The van der Waals surface area contributed by atoms with Crippen molar-refractivity contribution in [3.8, 4) is 0 Å². The summed E-state index contributed by atoms with van der Waals surface area (Å²) in [6.45, 7) is 14.6. The fourth-order valence-corrected chi connectivity index (χ4v) is 9.20. The van der Waals surface area contributed by atoms with Gasteiger partial charge in [-0.25, -0.2) is 0 Å². The topological polar surface area (TPSA) is 26.3 Å². The van der Waals surface area contributed by atoms with Crippen LogP contribution in [-0.4, -0.2) is 12.1 Å². The van der Waals surface area contributed by atoms with E-state index in [9.17, 15) is 4.79 Å². The second-order valence-electron chi connectivity index (χ2n) is 13.4. The lowest BCUT2D eigenvalue weighted by molar-refractivity contribution is -0.151. The van der Waals surface area contributed by atoms with E-state index in [4.69, 9.17) is 4.74 Å². The average molecular weight is 457 g/mol. The summed E-state index contributed by atoms with van der Waals surface area (Å²) in [5.41, 5.74) is 2.54. The predicted octanol–water partition coefficient (Wildman–Crippen LogP) is 8.74. The minimum Gasteiger partial charge on any atom is -0.462 e. The van der Waals surface area contributed by atoms with E-state index >= 15 is 0 Å². The third kappa shape index (κ3) is 4.84. The lowest BCUT2D eigenvalue weighted by Gasteiger charge is -2.58. The number of fused-ring (bicyclic) bond motifs is 5. The number of ether oxygens (including phenoxy) is 1. The minimum atomic E-state index is 0.00772. The monoisotopic (exact) mass is 456 g/mol. The van der Waals surface area contributed by atoms with E-state index in [0.717, 1.165) is 54.8 Å². The summed E-state index contributed by atoms with van der Waals surface area (Å²) < 4.78 is 5.85. The van der Waals surface area contributed by atoms with Crippen LogP contribution >= 0.6 is 0 Å². The molecule has 3 fully saturated rings. The molecule has 8 atom stereocenters. The molecule has 2 heteroatoms. The van der Waals surface area contributed by atoms with E-state index in [1.807, 2.05) is 0 Å². The van der Waals surface area contributed by atoms with Crippen LogP contribution in [-0.2, 0) is 9.53 Å². The molecule has 0 amide bonds. The van der Waals surface area contributed by atoms with Crippen LogP contribution in [0.2, 0.25) is 0 Å². The molecule has 0 heterocycles. The van der Waals surface area contributed by atoms with E-state index in [1.165, 1.54) is 57.8 Å². The highest BCUT2D eigenvalue weighted by molar-refractivity contribution is 5.69. The van der Waals surface area contributed by atoms with Crippen molar-refractivity contribution in [3.63, 3.8) is 0 Å². The molecular formula is C31H52O2. The number of esters is 1. The van der Waals surface area contributed by atoms with E-state index in [2.05, 4.69) is 47.6 Å². The molecule has 4 rings (SSSR count). The number of hydrogen-bond donors (Lipinski definition) is 0. The van der Waals surface area contributed by atoms with Crippen molar-refractivity contribution in [1.82, 2.24) is 0 Å². The van der Waals surface area contributed by atoms with Crippen LogP contribution in [0.15, 0.2) is 11.6 Å². The molecule has 0 radical (unpaired) electrons. The fraction of sp³-hybridized carbons (Fsp3) is 0.903. The second-order valence-corrected chi connectivity index (χ2v) is 13.4. The maximum absolute atomic E-state index is 12.1. The molecule has 4 aliphatic rings. The van der Waals surface area contributed by atoms with E-state index in [1.54, 1.807) is 5.57 Å². The molecule has 0 aromatic heterocycles. The van der Waals surface area contributed by atoms with Gasteiger partial charge in [-0.2, -0.15) is 0 Å². The first kappa shape index (κ1) is 25.3. The van der Waals surface area contributed by atoms with E-state index in [0.29, 0.717) is 17.3 Å². The normalized spacial score (nSPS) is 41.1. The Bertz CT molecular complexity index is 722. The lowest BCUT2D eigenvalue weighted by atomic mass is 9.47. The summed E-state index contributed by atoms with van der Waals surface area (Å²) in [5.74, 6) is 5.31. The summed E-state index contributed by atoms with van der Waals surface area (Å²) >= 11 is 0. The van der Waals surface area contributed by atoms with Gasteiger partial charge < -0.3 is 4.74 Å². The quantitative estimate of drug-likeness (QED) is 0.269. The number of allylic oxidation sites excluding steroid dienone is 1. The van der Waals surface area contributed by atoms with Crippen LogP contribution in [0.25, 0.3) is 0 Å². The molecule has 0 bridgehead atoms. The molecule has 188 valence electrons. The van der Waals surface area contributed by atoms with Crippen LogP contribution in [0.1, 0.15) is 125 Å². The highest BCUT2D eigenvalue weighted by Gasteiger charge is 2.59. The highest BCUT2D eigenvalue weighted by atomic mass is 16.5. The zero-order valence-electron chi connectivity index (χ0n) is 22.6. The van der Waals surface area contributed by atoms with Crippen molar-refractivity contribution in [1.29, 1.82) is 0 Å². The molecule has 0 N–H and O–H groups in total. The van der Waals surface area contributed by atoms with Crippen LogP contribution in [0.3, 0.4) is 0 Å². The van der Waals surface area contributed by atoms with Gasteiger partial charge in [-0.1, -0.05) is 72.5 Å². The van der Waals surface area contributed by atoms with Gasteiger partial charge in [0, 0.05) is 12.8 Å². The largest absolute Gasteiger partial charge is 0.462 e. The summed E-state index contributed by atoms with van der Waals surface area (Å²) in [7, 11) is 0. The maximum Gasteiger partial charge on any atom is 0.306 e. The number of hydrogen-bond acceptors (Lipinski definition) is 2. The summed E-state index contributed by atoms with van der Waals surface area (Å²) in [4.78, 5) is 12.1. The highest BCUT2D eigenvalue weighted by Crippen LogP contribution is 2.67. The first-order valence-corrected chi connectivity index (χ1v) is 14.6. The van der Waals surface area contributed by atoms with Gasteiger partial charge in [-0.3, -0.25) is 4.79 Å². The average Bonchev–Trinajstić information content (AvgIpc) is 3.11. The zero-order valence-corrected chi connectivity index (χ0v) is 22.6. The van der Waals surface area contributed by atoms with E-state index in [-0.39, 0.29) is 12.1 Å². The van der Waals surface area contributed by atoms with Gasteiger partial charge in [-0.05, 0) is 97.7 Å². The third-order valence-electron chi connectivity index (χ3n) is 11.0. The Morgan fingerprint density at radius 1 is 1.06 bits per heavy atom. The summed E-state index contributed by atoms with van der Waals surface area (Å²) in [6.07, 6.45) is 18.8. The second kappa shape index (κ2) is 10.1. The Kier molecular flexibility index (Phi) is 7.72. The van der Waals surface area contributed by atoms with Gasteiger partial charge in [0.1, 0.15) is 6.10 Å². The predicted molar refractivity (Wildman–Crippen MR) is 138 cm³/mol. The molecule has 0 aromatic rings. The van der Waals surface area contributed by atoms with Crippen molar-refractivity contribution in [3.05, 3.63) is 11.6 Å². The Morgan fingerprint density at radius 3 is 2.58 bits per heavy atom. The molecule has 0 spiro atoms. The molecule has 0 saturated heterocycles. The lowest BCUT2D eigenvalue weighted by Crippen LogP contribution is -2.51. The van der Waals surface area contributed by atoms with Gasteiger partial charge >= 0.3 is 5.97 Å². The van der Waals surface area contributed by atoms with E-state index < -0.39 is 0 Å². The van der Waals surface area contributed by atoms with Gasteiger partial charge in [0.15, 0.2) is 0 Å². The number of carbonyl (C=O) groups excluding carboxylic acids is 1. The van der Waals surface area contributed by atoms with Crippen LogP contribution in [0, 0.1) is 46.3 Å². The summed E-state index contributed by atoms with van der Waals surface area (Å²) in [6, 6.07) is 0. The van der Waals surface area contributed by atoms with Crippen molar-refractivity contribution in [2.45, 2.75) is 131 Å². The first-order valence-electron chi connectivity index (χ1n) is 14.6. The van der Waals surface area contributed by atoms with Crippen molar-refractivity contribution in [2.75, 3.05) is 0 Å². The van der Waals surface area contributed by atoms with Gasteiger partial charge in [0.2, 0.25) is 0 Å². The Morgan fingerprint density at radius 2 is 1.85 bits per heavy atom. The minimum absolute atomic E-state index is 0.00772. The third-order valence-corrected chi connectivity index (χ3v) is 11.0. The van der Waals surface area contributed by atoms with Crippen molar-refractivity contribution in [2.24, 2.45) is 46.3 Å². The molecule has 3 saturated carbocycles.